The van der Waals surface area contributed by atoms with Gasteiger partial charge in [0.2, 0.25) is 11.8 Å². The third-order valence-corrected chi connectivity index (χ3v) is 8.81. The van der Waals surface area contributed by atoms with Gasteiger partial charge in [0.15, 0.2) is 1.41 Å². The molecule has 0 unspecified atom stereocenters. The molecule has 54 heavy (non-hydrogen) atoms. The fourth-order valence-electron chi connectivity index (χ4n) is 6.07. The largest absolute Gasteiger partial charge is 0.461 e. The Kier molecular flexibility index (Phi) is 13.8. The molecule has 1 aromatic heterocycles. The summed E-state index contributed by atoms with van der Waals surface area (Å²) in [4.78, 5) is 61.4. The maximum absolute atomic E-state index is 14.3. The minimum atomic E-state index is -1.41. The van der Waals surface area contributed by atoms with Gasteiger partial charge in [-0.05, 0) is 39.8 Å². The number of carbonyl (C=O) groups excluding carboxylic acids is 4. The number of aromatic nitrogens is 2. The quantitative estimate of drug-likeness (QED) is 0.0770. The summed E-state index contributed by atoms with van der Waals surface area (Å²) in [6.45, 7) is 3.77. The molecule has 4 aromatic carbocycles. The molecule has 5 aromatic rings. The molecule has 0 bridgehead atoms. The molecule has 282 valence electrons. The predicted octanol–water partition coefficient (Wildman–Crippen LogP) is 5.15. The van der Waals surface area contributed by atoms with E-state index in [0.717, 1.165) is 16.3 Å². The van der Waals surface area contributed by atoms with Crippen LogP contribution < -0.4 is 15.9 Å². The summed E-state index contributed by atoms with van der Waals surface area (Å²) in [5.74, 6) is -2.03. The number of carbonyl (C=O) groups is 4. The van der Waals surface area contributed by atoms with Crippen LogP contribution in [0.3, 0.4) is 0 Å². The van der Waals surface area contributed by atoms with Crippen LogP contribution in [0.5, 0.6) is 0 Å². The average Bonchev–Trinajstić information content (AvgIpc) is 3.71. The van der Waals surface area contributed by atoms with Crippen molar-refractivity contribution in [3.63, 3.8) is 0 Å². The maximum Gasteiger partial charge on any atom is 0.408 e. The highest BCUT2D eigenvalue weighted by atomic mass is 16.5. The van der Waals surface area contributed by atoms with Crippen LogP contribution in [0, 0.1) is 5.92 Å². The molecule has 4 atom stereocenters. The second kappa shape index (κ2) is 19.7. The Hall–Kier alpha value is -6.01. The number of esters is 1. The van der Waals surface area contributed by atoms with Gasteiger partial charge < -0.3 is 35.5 Å². The van der Waals surface area contributed by atoms with Crippen molar-refractivity contribution in [2.75, 3.05) is 0 Å². The smallest absolute Gasteiger partial charge is 0.408 e. The van der Waals surface area contributed by atoms with Crippen LogP contribution in [0.1, 0.15) is 49.1 Å². The Balaban J connectivity index is 1.35. The molecule has 5 N–H and O–H groups in total. The van der Waals surface area contributed by atoms with Gasteiger partial charge in [0.1, 0.15) is 25.3 Å². The van der Waals surface area contributed by atoms with Crippen LogP contribution in [-0.4, -0.2) is 63.2 Å². The summed E-state index contributed by atoms with van der Waals surface area (Å²) < 4.78 is 19.7. The zero-order valence-corrected chi connectivity index (χ0v) is 30.4. The second-order valence-electron chi connectivity index (χ2n) is 13.5. The molecule has 0 aliphatic carbocycles. The molecule has 0 saturated heterocycles. The van der Waals surface area contributed by atoms with E-state index < -0.39 is 48.1 Å². The SMILES string of the molecule is [2H]N(C(=O)OCc1ccccc1)[C@@H](Cc1cccc2ccccc12)C(=O)N[C@@H](Cc1cnc[nH]1)C(=O)N[C@@H](CC(C)C)[C@@H](O)CC(=O)OCc1ccccc1. The lowest BCUT2D eigenvalue weighted by atomic mass is 9.96. The van der Waals surface area contributed by atoms with Crippen molar-refractivity contribution in [1.29, 1.82) is 0 Å². The number of nitrogens with one attached hydrogen (secondary N) is 4. The number of aromatic amines is 1. The minimum Gasteiger partial charge on any atom is -0.461 e. The fraction of sp³-hybridized carbons (Fsp3) is 0.310. The van der Waals surface area contributed by atoms with Gasteiger partial charge >= 0.3 is 12.1 Å². The number of H-pyrrole nitrogens is 1. The molecule has 1 heterocycles. The Bertz CT molecular complexity index is 1990. The number of rotatable bonds is 18. The Morgan fingerprint density at radius 3 is 2.07 bits per heavy atom. The van der Waals surface area contributed by atoms with Crippen molar-refractivity contribution in [2.45, 2.75) is 77.0 Å². The summed E-state index contributed by atoms with van der Waals surface area (Å²) in [5.41, 5.74) is 2.74. The van der Waals surface area contributed by atoms with E-state index in [1.807, 2.05) is 92.7 Å². The van der Waals surface area contributed by atoms with Gasteiger partial charge in [-0.25, -0.2) is 9.78 Å². The highest BCUT2D eigenvalue weighted by Gasteiger charge is 2.32. The number of fused-ring (bicyclic) bond motifs is 1. The van der Waals surface area contributed by atoms with E-state index in [2.05, 4.69) is 20.6 Å². The van der Waals surface area contributed by atoms with E-state index >= 15 is 0 Å². The van der Waals surface area contributed by atoms with Crippen molar-refractivity contribution in [3.05, 3.63) is 138 Å². The molecule has 0 aliphatic heterocycles. The van der Waals surface area contributed by atoms with Crippen molar-refractivity contribution < 1.29 is 35.2 Å². The molecule has 0 saturated carbocycles. The van der Waals surface area contributed by atoms with Gasteiger partial charge in [0.05, 0.1) is 24.9 Å². The van der Waals surface area contributed by atoms with Crippen LogP contribution >= 0.6 is 0 Å². The number of imidazole rings is 1. The number of ether oxygens (including phenoxy) is 2. The molecule has 12 nitrogen and oxygen atoms in total. The van der Waals surface area contributed by atoms with Crippen LogP contribution in [0.25, 0.3) is 10.8 Å². The molecule has 0 spiro atoms. The van der Waals surface area contributed by atoms with Crippen LogP contribution in [0.15, 0.2) is 116 Å². The molecule has 12 heteroatoms. The first-order valence-electron chi connectivity index (χ1n) is 18.4. The molecule has 5 rings (SSSR count). The highest BCUT2D eigenvalue weighted by molar-refractivity contribution is 5.93. The molecule has 3 amide bonds. The van der Waals surface area contributed by atoms with E-state index in [4.69, 9.17) is 10.9 Å². The number of alkyl carbamates (subject to hydrolysis) is 1. The first-order chi connectivity index (χ1) is 26.6. The molecular weight excluding hydrogens is 686 g/mol. The molecule has 0 radical (unpaired) electrons. The van der Waals surface area contributed by atoms with E-state index in [1.54, 1.807) is 24.3 Å². The van der Waals surface area contributed by atoms with Crippen LogP contribution in [0.2, 0.25) is 1.41 Å². The number of nitrogens with zero attached hydrogens (tertiary/aromatic N) is 1. The van der Waals surface area contributed by atoms with Gasteiger partial charge in [0, 0.05) is 24.7 Å². The van der Waals surface area contributed by atoms with Gasteiger partial charge in [0.25, 0.3) is 0 Å². The second-order valence-corrected chi connectivity index (χ2v) is 13.5. The van der Waals surface area contributed by atoms with Gasteiger partial charge in [-0.1, -0.05) is 117 Å². The lowest BCUT2D eigenvalue weighted by Gasteiger charge is -2.28. The summed E-state index contributed by atoms with van der Waals surface area (Å²) in [6, 6.07) is 27.8. The van der Waals surface area contributed by atoms with Crippen LogP contribution in [0.4, 0.5) is 4.79 Å². The van der Waals surface area contributed by atoms with Crippen molar-refractivity contribution in [2.24, 2.45) is 5.92 Å². The third-order valence-electron chi connectivity index (χ3n) is 8.81. The monoisotopic (exact) mass is 734 g/mol. The van der Waals surface area contributed by atoms with E-state index in [1.165, 1.54) is 12.5 Å². The number of hydrogen-bond acceptors (Lipinski definition) is 8. The first-order valence-corrected chi connectivity index (χ1v) is 18.0. The van der Waals surface area contributed by atoms with E-state index in [0.29, 0.717) is 28.6 Å². The Labute approximate surface area is 316 Å². The lowest BCUT2D eigenvalue weighted by Crippen LogP contribution is -2.57. The van der Waals surface area contributed by atoms with E-state index in [-0.39, 0.29) is 38.4 Å². The third kappa shape index (κ3) is 12.0. The van der Waals surface area contributed by atoms with Gasteiger partial charge in [-0.3, -0.25) is 14.4 Å². The zero-order valence-electron chi connectivity index (χ0n) is 31.4. The minimum absolute atomic E-state index is 0.0183. The highest BCUT2D eigenvalue weighted by Crippen LogP contribution is 2.20. The topological polar surface area (TPSA) is 172 Å². The van der Waals surface area contributed by atoms with Crippen molar-refractivity contribution in [1.82, 2.24) is 25.9 Å². The summed E-state index contributed by atoms with van der Waals surface area (Å²) in [6.07, 6.45) is 0.485. The lowest BCUT2D eigenvalue weighted by molar-refractivity contribution is -0.148. The maximum atomic E-state index is 14.3. The standard InChI is InChI=1S/C42H47N5O7/c1-28(2)20-35(38(48)23-39(49)53-25-29-12-5-3-6-13-29)45-41(51)37(22-33-24-43-27-44-33)46-40(50)36(47-42(52)54-26-30-14-7-4-8-15-30)21-32-18-11-17-31-16-9-10-19-34(31)32/h3-19,24,27-28,35-38,48H,20-23,25-26H2,1-2H3,(H,43,44)(H,45,51)(H,46,50)(H,47,52)/t35-,36-,37-,38-/m0/s1/i/hD. The average molecular weight is 735 g/mol. The van der Waals surface area contributed by atoms with Crippen LogP contribution in [-0.2, 0) is 49.9 Å². The predicted molar refractivity (Wildman–Crippen MR) is 204 cm³/mol. The zero-order chi connectivity index (χ0) is 39.2. The molecular formula is C42H47N5O7. The number of aliphatic hydroxyl groups excluding tert-OH is 1. The van der Waals surface area contributed by atoms with Gasteiger partial charge in [-0.15, -0.1) is 0 Å². The number of hydrogen-bond donors (Lipinski definition) is 5. The summed E-state index contributed by atoms with van der Waals surface area (Å²) in [5, 5.41) is 19.1. The number of benzene rings is 4. The Morgan fingerprint density at radius 1 is 0.778 bits per heavy atom. The summed E-state index contributed by atoms with van der Waals surface area (Å²) in [7, 11) is 0. The van der Waals surface area contributed by atoms with Gasteiger partial charge in [-0.2, -0.15) is 0 Å². The van der Waals surface area contributed by atoms with Crippen molar-refractivity contribution >= 4 is 34.6 Å². The summed E-state index contributed by atoms with van der Waals surface area (Å²) >= 11 is 0. The Morgan fingerprint density at radius 2 is 1.41 bits per heavy atom. The molecule has 0 fully saturated rings. The fourth-order valence-corrected chi connectivity index (χ4v) is 6.07. The number of amides is 3. The normalized spacial score (nSPS) is 13.6. The molecule has 0 aliphatic rings. The van der Waals surface area contributed by atoms with Crippen molar-refractivity contribution in [3.8, 4) is 0 Å². The van der Waals surface area contributed by atoms with E-state index in [9.17, 15) is 24.3 Å². The first kappa shape index (κ1) is 37.7. The number of aliphatic hydroxyl groups is 1.